The molecule has 0 aromatic rings. The van der Waals surface area contributed by atoms with Crippen molar-refractivity contribution in [1.29, 1.82) is 0 Å². The number of hydrogen-bond acceptors (Lipinski definition) is 2. The number of carbonyl (C=O) groups is 1. The van der Waals surface area contributed by atoms with Gasteiger partial charge >= 0.3 is 6.03 Å². The van der Waals surface area contributed by atoms with Gasteiger partial charge in [0.1, 0.15) is 0 Å². The molecule has 2 amide bonds. The summed E-state index contributed by atoms with van der Waals surface area (Å²) in [5, 5.41) is 5.38. The van der Waals surface area contributed by atoms with Crippen LogP contribution in [-0.4, -0.2) is 35.3 Å². The van der Waals surface area contributed by atoms with Gasteiger partial charge in [0.2, 0.25) is 0 Å². The summed E-state index contributed by atoms with van der Waals surface area (Å²) in [7, 11) is -0.757. The predicted octanol–water partition coefficient (Wildman–Crippen LogP) is 0.464. The minimum atomic E-state index is -0.757. The fourth-order valence-electron chi connectivity index (χ4n) is 0.778. The van der Waals surface area contributed by atoms with Gasteiger partial charge in [-0.2, -0.15) is 0 Å². The quantitative estimate of drug-likeness (QED) is 0.620. The first-order valence-corrected chi connectivity index (χ1v) is 6.21. The molecule has 0 spiro atoms. The van der Waals surface area contributed by atoms with E-state index in [0.29, 0.717) is 18.8 Å². The van der Waals surface area contributed by atoms with E-state index in [4.69, 9.17) is 0 Å². The van der Waals surface area contributed by atoms with E-state index in [1.165, 1.54) is 0 Å². The van der Waals surface area contributed by atoms with E-state index in [1.807, 2.05) is 6.92 Å². The van der Waals surface area contributed by atoms with Gasteiger partial charge in [-0.3, -0.25) is 4.21 Å². The Bertz CT molecular complexity index is 174. The molecule has 13 heavy (non-hydrogen) atoms. The van der Waals surface area contributed by atoms with Crippen molar-refractivity contribution in [3.05, 3.63) is 0 Å². The van der Waals surface area contributed by atoms with E-state index < -0.39 is 10.8 Å². The summed E-state index contributed by atoms with van der Waals surface area (Å²) in [4.78, 5) is 10.9. The zero-order valence-electron chi connectivity index (χ0n) is 8.26. The average Bonchev–Trinajstić information content (AvgIpc) is 2.08. The van der Waals surface area contributed by atoms with Crippen LogP contribution >= 0.6 is 0 Å². The molecule has 0 rings (SSSR count). The highest BCUT2D eigenvalue weighted by atomic mass is 32.2. The summed E-state index contributed by atoms with van der Waals surface area (Å²) in [5.74, 6) is 0.647. The largest absolute Gasteiger partial charge is 0.338 e. The molecule has 0 aliphatic rings. The van der Waals surface area contributed by atoms with E-state index in [-0.39, 0.29) is 6.03 Å². The minimum Gasteiger partial charge on any atom is -0.338 e. The molecule has 78 valence electrons. The number of rotatable bonds is 6. The van der Waals surface area contributed by atoms with Crippen LogP contribution in [0.1, 0.15) is 19.8 Å². The third kappa shape index (κ3) is 9.33. The molecular formula is C8H18N2O2S. The zero-order chi connectivity index (χ0) is 10.1. The molecule has 4 nitrogen and oxygen atoms in total. The van der Waals surface area contributed by atoms with Crippen molar-refractivity contribution in [2.45, 2.75) is 19.8 Å². The number of carbonyl (C=O) groups excluding carboxylic acids is 1. The topological polar surface area (TPSA) is 58.2 Å². The summed E-state index contributed by atoms with van der Waals surface area (Å²) in [6, 6.07) is -0.135. The molecule has 0 saturated carbocycles. The first-order chi connectivity index (χ1) is 6.16. The normalized spacial score (nSPS) is 12.2. The maximum atomic E-state index is 10.9. The Labute approximate surface area is 81.9 Å². The summed E-state index contributed by atoms with van der Waals surface area (Å²) < 4.78 is 10.6. The Kier molecular flexibility index (Phi) is 7.68. The third-order valence-electron chi connectivity index (χ3n) is 1.43. The summed E-state index contributed by atoms with van der Waals surface area (Å²) in [5.41, 5.74) is 0. The number of hydrogen-bond donors (Lipinski definition) is 2. The fourth-order valence-corrected chi connectivity index (χ4v) is 1.33. The Balaban J connectivity index is 3.22. The van der Waals surface area contributed by atoms with Gasteiger partial charge in [-0.1, -0.05) is 6.92 Å². The summed E-state index contributed by atoms with van der Waals surface area (Å²) in [6.45, 7) is 3.29. The molecule has 1 atom stereocenters. The van der Waals surface area contributed by atoms with E-state index >= 15 is 0 Å². The van der Waals surface area contributed by atoms with Crippen LogP contribution in [0.3, 0.4) is 0 Å². The molecule has 0 radical (unpaired) electrons. The summed E-state index contributed by atoms with van der Waals surface area (Å²) >= 11 is 0. The SMILES string of the molecule is CCCNC(=O)NCCCS(C)=O. The molecule has 0 aliphatic carbocycles. The molecule has 2 N–H and O–H groups in total. The molecular weight excluding hydrogens is 188 g/mol. The first-order valence-electron chi connectivity index (χ1n) is 4.48. The lowest BCUT2D eigenvalue weighted by atomic mass is 10.5. The van der Waals surface area contributed by atoms with E-state index in [9.17, 15) is 9.00 Å². The first kappa shape index (κ1) is 12.4. The van der Waals surface area contributed by atoms with Crippen LogP contribution in [0.15, 0.2) is 0 Å². The lowest BCUT2D eigenvalue weighted by molar-refractivity contribution is 0.241. The maximum Gasteiger partial charge on any atom is 0.314 e. The molecule has 5 heteroatoms. The molecule has 0 saturated heterocycles. The molecule has 0 aromatic carbocycles. The lowest BCUT2D eigenvalue weighted by Crippen LogP contribution is -2.36. The van der Waals surface area contributed by atoms with Gasteiger partial charge in [0.25, 0.3) is 0 Å². The second kappa shape index (κ2) is 8.04. The Hall–Kier alpha value is -0.580. The predicted molar refractivity (Wildman–Crippen MR) is 55.2 cm³/mol. The number of amides is 2. The van der Waals surface area contributed by atoms with Crippen molar-refractivity contribution in [2.24, 2.45) is 0 Å². The van der Waals surface area contributed by atoms with Crippen molar-refractivity contribution in [1.82, 2.24) is 10.6 Å². The van der Waals surface area contributed by atoms with Crippen molar-refractivity contribution >= 4 is 16.8 Å². The molecule has 0 aromatic heterocycles. The molecule has 0 heterocycles. The van der Waals surface area contributed by atoms with Crippen LogP contribution in [0.5, 0.6) is 0 Å². The standard InChI is InChI=1S/C8H18N2O2S/c1-3-5-9-8(11)10-6-4-7-13(2)12/h3-7H2,1-2H3,(H2,9,10,11). The Morgan fingerprint density at radius 1 is 1.31 bits per heavy atom. The van der Waals surface area contributed by atoms with Gasteiger partial charge in [-0.15, -0.1) is 0 Å². The smallest absolute Gasteiger partial charge is 0.314 e. The average molecular weight is 206 g/mol. The van der Waals surface area contributed by atoms with Crippen molar-refractivity contribution in [2.75, 3.05) is 25.1 Å². The van der Waals surface area contributed by atoms with Crippen LogP contribution in [-0.2, 0) is 10.8 Å². The van der Waals surface area contributed by atoms with Gasteiger partial charge in [0.15, 0.2) is 0 Å². The highest BCUT2D eigenvalue weighted by Crippen LogP contribution is 1.81. The highest BCUT2D eigenvalue weighted by molar-refractivity contribution is 7.84. The molecule has 0 fully saturated rings. The third-order valence-corrected chi connectivity index (χ3v) is 2.29. The van der Waals surface area contributed by atoms with Crippen molar-refractivity contribution in [3.8, 4) is 0 Å². The second-order valence-corrected chi connectivity index (χ2v) is 4.37. The van der Waals surface area contributed by atoms with Crippen LogP contribution in [0.2, 0.25) is 0 Å². The van der Waals surface area contributed by atoms with Gasteiger partial charge in [0.05, 0.1) is 0 Å². The fraction of sp³-hybridized carbons (Fsp3) is 0.875. The minimum absolute atomic E-state index is 0.135. The van der Waals surface area contributed by atoms with Gasteiger partial charge in [-0.05, 0) is 12.8 Å². The monoisotopic (exact) mass is 206 g/mol. The second-order valence-electron chi connectivity index (χ2n) is 2.81. The van der Waals surface area contributed by atoms with Crippen molar-refractivity contribution in [3.63, 3.8) is 0 Å². The number of nitrogens with one attached hydrogen (secondary N) is 2. The Morgan fingerprint density at radius 2 is 1.92 bits per heavy atom. The van der Waals surface area contributed by atoms with Crippen LogP contribution in [0.25, 0.3) is 0 Å². The molecule has 0 aliphatic heterocycles. The van der Waals surface area contributed by atoms with Crippen LogP contribution in [0.4, 0.5) is 4.79 Å². The molecule has 1 unspecified atom stereocenters. The van der Waals surface area contributed by atoms with Gasteiger partial charge in [-0.25, -0.2) is 4.79 Å². The van der Waals surface area contributed by atoms with Gasteiger partial charge < -0.3 is 10.6 Å². The van der Waals surface area contributed by atoms with E-state index in [2.05, 4.69) is 10.6 Å². The highest BCUT2D eigenvalue weighted by Gasteiger charge is 1.97. The van der Waals surface area contributed by atoms with Crippen LogP contribution < -0.4 is 10.6 Å². The van der Waals surface area contributed by atoms with Crippen LogP contribution in [0, 0.1) is 0 Å². The van der Waals surface area contributed by atoms with E-state index in [1.54, 1.807) is 6.26 Å². The maximum absolute atomic E-state index is 10.9. The Morgan fingerprint density at radius 3 is 2.46 bits per heavy atom. The summed E-state index contributed by atoms with van der Waals surface area (Å²) in [6.07, 6.45) is 3.37. The lowest BCUT2D eigenvalue weighted by Gasteiger charge is -2.05. The zero-order valence-corrected chi connectivity index (χ0v) is 9.08. The van der Waals surface area contributed by atoms with E-state index in [0.717, 1.165) is 12.8 Å². The van der Waals surface area contributed by atoms with Gasteiger partial charge in [0, 0.05) is 35.9 Å². The molecule has 0 bridgehead atoms. The van der Waals surface area contributed by atoms with Crippen molar-refractivity contribution < 1.29 is 9.00 Å². The number of urea groups is 1.